The van der Waals surface area contributed by atoms with E-state index in [0.29, 0.717) is 83.9 Å². The molecule has 138 heavy (non-hydrogen) atoms. The molecule has 0 spiro atoms. The Labute approximate surface area is 812 Å². The molecule has 6 rings (SSSR count). The number of hydrogen-bond acceptors (Lipinski definition) is 27. The predicted octanol–water partition coefficient (Wildman–Crippen LogP) is -6.38. The van der Waals surface area contributed by atoms with Gasteiger partial charge in [-0.1, -0.05) is 30.3 Å². The number of anilines is 1. The lowest BCUT2D eigenvalue weighted by Crippen LogP contribution is -3.00. The number of unbranched alkanes of at least 4 members (excludes halogenated alkanes) is 5. The summed E-state index contributed by atoms with van der Waals surface area (Å²) in [5.41, 5.74) is 39.0. The maximum Gasteiger partial charge on any atom is 0.322 e. The van der Waals surface area contributed by atoms with Crippen LogP contribution in [0.1, 0.15) is 158 Å². The minimum absolute atomic E-state index is 0. The van der Waals surface area contributed by atoms with E-state index in [-0.39, 0.29) is 126 Å². The largest absolute Gasteiger partial charge is 1.00 e. The molecule has 46 heteroatoms. The summed E-state index contributed by atoms with van der Waals surface area (Å²) in [6.45, 7) is 8.19. The van der Waals surface area contributed by atoms with Crippen molar-refractivity contribution in [1.82, 2.24) is 89.0 Å². The van der Waals surface area contributed by atoms with Gasteiger partial charge < -0.3 is 151 Å². The summed E-state index contributed by atoms with van der Waals surface area (Å²) >= 11 is 4.40. The zero-order valence-electron chi connectivity index (χ0n) is 78.5. The number of amides is 15. The highest BCUT2D eigenvalue weighted by molar-refractivity contribution is 7.80. The van der Waals surface area contributed by atoms with Crippen molar-refractivity contribution in [3.63, 3.8) is 0 Å². The molecule has 10 atom stereocenters. The van der Waals surface area contributed by atoms with Crippen LogP contribution in [-0.4, -0.2) is 278 Å². The first-order chi connectivity index (χ1) is 65.8. The molecular weight excluding hydrogens is 1830 g/mol. The maximum atomic E-state index is 15.3. The van der Waals surface area contributed by atoms with Gasteiger partial charge in [-0.2, -0.15) is 12.6 Å². The van der Waals surface area contributed by atoms with Gasteiger partial charge in [0, 0.05) is 84.2 Å². The molecule has 2 aliphatic rings. The van der Waals surface area contributed by atoms with Gasteiger partial charge in [0.15, 0.2) is 0 Å². The number of aromatic amines is 1. The van der Waals surface area contributed by atoms with E-state index in [1.54, 1.807) is 30.3 Å². The van der Waals surface area contributed by atoms with Crippen LogP contribution in [0.2, 0.25) is 0 Å². The number of halogens is 1. The summed E-state index contributed by atoms with van der Waals surface area (Å²) < 4.78 is 8.95. The number of carboxylic acids is 1. The second kappa shape index (κ2) is 62.0. The fourth-order valence-corrected chi connectivity index (χ4v) is 15.3. The molecule has 0 bridgehead atoms. The number of aromatic nitrogens is 2. The third kappa shape index (κ3) is 38.2. The number of benzene rings is 4. The van der Waals surface area contributed by atoms with E-state index in [9.17, 15) is 77.3 Å². The monoisotopic (exact) mass is 1960 g/mol. The number of nitrogens with one attached hydrogen (secondary N) is 15. The summed E-state index contributed by atoms with van der Waals surface area (Å²) in [6, 6.07) is 10.1. The van der Waals surface area contributed by atoms with E-state index in [1.165, 1.54) is 24.7 Å². The Balaban J connectivity index is 0.0000336. The summed E-state index contributed by atoms with van der Waals surface area (Å²) in [5, 5.41) is 65.8. The SMILES string of the molecule is CCN(CC)c1ccc2c(-c3ccccc3C(=O)N[C@@H](Cc3ccc(O)cc3)C(=O)N[C@@H](CCCCN)C(=O)N[C@@H](CCC(N)=O)C(=O)N[C@@H](CS)C(=O)N[C@@H](Cc3c[nH]cn3)C(=O)N[C@@H](CCCCN)C(=O)N[C@@H](CCCCN)C(=O)NCC(=O)NCC(=O)N[C@@H](CCCCN)C(=O)N[C@@H](CCCCN)C(=O)NCC(=O)N[C@@H](CO)C(=O)NCC(=O)O)c3ccc(=[N+](CC)CC)cc-3oc2c1.[Cl-]. The molecule has 1 aromatic heterocycles. The number of aliphatic carboxylic acids is 1. The lowest BCUT2D eigenvalue weighted by molar-refractivity contribution is -0.138. The van der Waals surface area contributed by atoms with Gasteiger partial charge in [0.25, 0.3) is 5.91 Å². The van der Waals surface area contributed by atoms with Crippen molar-refractivity contribution in [3.05, 3.63) is 120 Å². The molecule has 3 aromatic carbocycles. The molecule has 44 nitrogen and oxygen atoms in total. The first kappa shape index (κ1) is 116. The number of hydrogen-bond donors (Lipinski definition) is 25. The number of primary amides is 1. The number of fused-ring (bicyclic) bond motifs is 2. The number of thiol groups is 1. The van der Waals surface area contributed by atoms with Crippen LogP contribution in [0.4, 0.5) is 5.69 Å². The number of carbonyl (C=O) groups excluding carboxylic acids is 15. The second-order valence-corrected chi connectivity index (χ2v) is 33.0. The first-order valence-electron chi connectivity index (χ1n) is 46.3. The molecular formula is C92H137ClN24O20S. The van der Waals surface area contributed by atoms with E-state index in [1.807, 2.05) is 47.8 Å². The predicted molar refractivity (Wildman–Crippen MR) is 514 cm³/mol. The van der Waals surface area contributed by atoms with Crippen molar-refractivity contribution < 1.29 is 109 Å². The van der Waals surface area contributed by atoms with Crippen LogP contribution in [0.25, 0.3) is 33.4 Å². The third-order valence-electron chi connectivity index (χ3n) is 22.6. The summed E-state index contributed by atoms with van der Waals surface area (Å²) in [5.74, 6) is -14.9. The fraction of sp³-hybridized carbons (Fsp3) is 0.522. The van der Waals surface area contributed by atoms with Crippen molar-refractivity contribution >= 4 is 124 Å². The van der Waals surface area contributed by atoms with Crippen molar-refractivity contribution in [2.24, 2.45) is 34.4 Å². The third-order valence-corrected chi connectivity index (χ3v) is 22.9. The maximum absolute atomic E-state index is 15.3. The topological polar surface area (TPSA) is 706 Å². The van der Waals surface area contributed by atoms with E-state index < -0.39 is 206 Å². The Kier molecular flexibility index (Phi) is 51.9. The molecule has 4 aromatic rings. The highest BCUT2D eigenvalue weighted by Gasteiger charge is 2.37. The molecule has 0 fully saturated rings. The number of rotatable bonds is 64. The number of nitrogens with two attached hydrogens (primary N) is 6. The number of aromatic hydroxyl groups is 1. The van der Waals surface area contributed by atoms with E-state index in [0.717, 1.165) is 37.2 Å². The Morgan fingerprint density at radius 2 is 0.899 bits per heavy atom. The molecule has 0 unspecified atom stereocenters. The van der Waals surface area contributed by atoms with Crippen LogP contribution < -0.4 is 136 Å². The first-order valence-corrected chi connectivity index (χ1v) is 47.0. The lowest BCUT2D eigenvalue weighted by atomic mass is 9.90. The second-order valence-electron chi connectivity index (χ2n) is 32.7. The minimum atomic E-state index is -1.65. The minimum Gasteiger partial charge on any atom is -1.00 e. The molecule has 1 aliphatic heterocycles. The number of aliphatic hydroxyl groups excluding tert-OH is 1. The van der Waals surface area contributed by atoms with Crippen molar-refractivity contribution in [1.29, 1.82) is 0 Å². The summed E-state index contributed by atoms with van der Waals surface area (Å²) in [6.07, 6.45) is 4.47. The van der Waals surface area contributed by atoms with Gasteiger partial charge in [0.1, 0.15) is 97.1 Å². The van der Waals surface area contributed by atoms with Gasteiger partial charge in [0.05, 0.1) is 44.3 Å². The number of carbonyl (C=O) groups is 16. The van der Waals surface area contributed by atoms with Crippen molar-refractivity contribution in [2.75, 3.05) is 102 Å². The molecule has 15 amide bonds. The van der Waals surface area contributed by atoms with Gasteiger partial charge in [-0.3, -0.25) is 76.7 Å². The van der Waals surface area contributed by atoms with Gasteiger partial charge in [-0.25, -0.2) is 9.56 Å². The standard InChI is InChI=1S/C92H136N24O20S.ClH/c1-5-115(6-2)57-30-34-62-74(45-57)136-75-46-58(116(7-3)8-4)31-35-63(75)81(62)60-21-9-10-22-61(60)82(125)112-70(43-55-28-32-59(118)33-29-55)90(133)109-68(27-15-20-42-97)88(131)111-69(36-37-76(98)119)89(132)114-73(53-137)92(135)113-71(44-56-47-99-54-104-56)91(134)110-67(26-14-19-41-96)87(130)108-64(23-11-16-38-93)83(126)101-48-77(120)100-49-78(121)105-66(25-13-18-40-95)86(129)107-65(24-12-17-39-94)84(127)102-50-79(122)106-72(52-117)85(128)103-51-80(123)124;/h9-10,21-22,28-35,45-47,54,64-73,117H,5-8,11-20,23-27,36-44,48-53,93-97H2,1-4H3,(H19-,98,99,100,101,102,103,104,105,106,107,108,109,110,111,112,113,114,118,119,120,121,122,123,124,125,126,127,128,129,130,131,132,133,134,135,137);1H/t64-,65-,66-,67-,68-,69-,70-,71-,72-,73-;/m0./s1. The van der Waals surface area contributed by atoms with Gasteiger partial charge in [0.2, 0.25) is 88.1 Å². The Bertz CT molecular complexity index is 5040. The van der Waals surface area contributed by atoms with E-state index >= 15 is 9.59 Å². The number of phenolic OH excluding ortho intramolecular Hbond substituents is 1. The molecule has 30 N–H and O–H groups in total. The normalized spacial score (nSPS) is 13.2. The van der Waals surface area contributed by atoms with E-state index in [4.69, 9.17) is 43.9 Å². The molecule has 0 radical (unpaired) electrons. The highest BCUT2D eigenvalue weighted by Crippen LogP contribution is 2.42. The summed E-state index contributed by atoms with van der Waals surface area (Å²) in [7, 11) is 0. The molecule has 0 saturated carbocycles. The Hall–Kier alpha value is -12.9. The van der Waals surface area contributed by atoms with Gasteiger partial charge >= 0.3 is 5.97 Å². The molecule has 1 aliphatic carbocycles. The van der Waals surface area contributed by atoms with Crippen molar-refractivity contribution in [2.45, 2.75) is 210 Å². The molecule has 2 heterocycles. The average Bonchev–Trinajstić information content (AvgIpc) is 0.837. The average molecular weight is 1970 g/mol. The van der Waals surface area contributed by atoms with Crippen LogP contribution in [0, 0.1) is 0 Å². The molecule has 758 valence electrons. The smallest absolute Gasteiger partial charge is 0.322 e. The fourth-order valence-electron chi connectivity index (χ4n) is 15.0. The highest BCUT2D eigenvalue weighted by atomic mass is 35.5. The Morgan fingerprint density at radius 3 is 1.37 bits per heavy atom. The number of nitrogens with zero attached hydrogens (tertiary/aromatic N) is 3. The van der Waals surface area contributed by atoms with Crippen LogP contribution >= 0.6 is 12.6 Å². The van der Waals surface area contributed by atoms with Crippen molar-refractivity contribution in [3.8, 4) is 28.2 Å². The van der Waals surface area contributed by atoms with Crippen LogP contribution in [-0.2, 0) is 84.8 Å². The quantitative estimate of drug-likeness (QED) is 0.00731. The Morgan fingerprint density at radius 1 is 0.464 bits per heavy atom. The van der Waals surface area contributed by atoms with Crippen LogP contribution in [0.5, 0.6) is 5.75 Å². The summed E-state index contributed by atoms with van der Waals surface area (Å²) in [4.78, 5) is 230. The zero-order chi connectivity index (χ0) is 100. The number of phenols is 1. The number of carboxylic acid groups (broad SMARTS) is 1. The number of H-pyrrole nitrogens is 1. The number of aliphatic hydroxyl groups is 1. The number of imidazole rings is 1. The van der Waals surface area contributed by atoms with Gasteiger partial charge in [-0.15, -0.1) is 0 Å². The van der Waals surface area contributed by atoms with E-state index in [2.05, 4.69) is 129 Å². The lowest BCUT2D eigenvalue weighted by Gasteiger charge is -2.27. The van der Waals surface area contributed by atoms with Crippen LogP contribution in [0.15, 0.2) is 102 Å². The van der Waals surface area contributed by atoms with Crippen LogP contribution in [0.3, 0.4) is 0 Å². The van der Waals surface area contributed by atoms with Gasteiger partial charge in [-0.05, 0) is 211 Å². The molecule has 0 saturated heterocycles. The zero-order valence-corrected chi connectivity index (χ0v) is 80.1.